The van der Waals surface area contributed by atoms with Crippen LogP contribution in [0.2, 0.25) is 0 Å². The van der Waals surface area contributed by atoms with Gasteiger partial charge in [0.1, 0.15) is 0 Å². The van der Waals surface area contributed by atoms with Crippen LogP contribution in [0.4, 0.5) is 0 Å². The first-order chi connectivity index (χ1) is 7.93. The molecule has 0 aromatic carbocycles. The molecule has 0 aliphatic carbocycles. The average molecular weight is 376 g/mol. The second-order valence-electron chi connectivity index (χ2n) is 1.72. The monoisotopic (exact) mass is 376 g/mol. The van der Waals surface area contributed by atoms with Gasteiger partial charge in [-0.3, -0.25) is 0 Å². The molecule has 0 heterocycles. The third-order valence-electron chi connectivity index (χ3n) is 0.500. The summed E-state index contributed by atoms with van der Waals surface area (Å²) in [5.41, 5.74) is 0. The molecule has 0 amide bonds. The van der Waals surface area contributed by atoms with Crippen LogP contribution < -0.4 is 30.6 Å². The number of hydrogen-bond donors (Lipinski definition) is 0. The van der Waals surface area contributed by atoms with Crippen molar-refractivity contribution in [2.24, 2.45) is 0 Å². The van der Waals surface area contributed by atoms with Crippen LogP contribution in [0, 0.1) is 0 Å². The van der Waals surface area contributed by atoms with Crippen molar-refractivity contribution in [3.05, 3.63) is 0 Å². The van der Waals surface area contributed by atoms with Gasteiger partial charge in [-0.05, 0) is 0 Å². The summed E-state index contributed by atoms with van der Waals surface area (Å²) in [7, 11) is 0. The van der Waals surface area contributed by atoms with E-state index in [0.717, 1.165) is 0 Å². The van der Waals surface area contributed by atoms with Crippen LogP contribution in [0.1, 0.15) is 0 Å². The summed E-state index contributed by atoms with van der Waals surface area (Å²) >= 11 is 0. The molecule has 0 aliphatic heterocycles. The van der Waals surface area contributed by atoms with E-state index in [9.17, 15) is 0 Å². The Kier molecular flexibility index (Phi) is 25.9. The third kappa shape index (κ3) is 36.0. The fourth-order valence-electron chi connectivity index (χ4n) is 0. The standard InChI is InChI=1S/3C2H2O4.2Fe/c3*3-1(4)2(5)6;;/h3*(H,3,4)(H,5,6);;/q;;;2*+3/p-6. The van der Waals surface area contributed by atoms with Gasteiger partial charge >= 0.3 is 34.1 Å². The van der Waals surface area contributed by atoms with Crippen LogP contribution in [0.25, 0.3) is 0 Å². The maximum atomic E-state index is 8.93. The van der Waals surface area contributed by atoms with E-state index in [4.69, 9.17) is 59.4 Å². The number of aliphatic carboxylic acids is 6. The fraction of sp³-hybridized carbons (Fsp3) is 0. The largest absolute Gasteiger partial charge is 3.00 e. The molecule has 0 saturated carbocycles. The number of carboxylic acids is 6. The summed E-state index contributed by atoms with van der Waals surface area (Å²) in [6.45, 7) is 0. The SMILES string of the molecule is O=C([O-])C(=O)[O-].O=C([O-])C(=O)[O-].O=C([O-])C(=O)[O-].[Fe+3].[Fe+3]. The summed E-state index contributed by atoms with van der Waals surface area (Å²) in [5, 5.41) is 53.6. The topological polar surface area (TPSA) is 241 Å². The number of carbonyl (C=O) groups excluding carboxylic acids is 6. The quantitative estimate of drug-likeness (QED) is 0.283. The summed E-state index contributed by atoms with van der Waals surface area (Å²) < 4.78 is 0. The molecule has 0 aromatic heterocycles. The molecule has 0 rings (SSSR count). The Morgan fingerprint density at radius 1 is 0.350 bits per heavy atom. The predicted molar refractivity (Wildman–Crippen MR) is 30.0 cm³/mol. The van der Waals surface area contributed by atoms with E-state index in [2.05, 4.69) is 0 Å². The third-order valence-corrected chi connectivity index (χ3v) is 0.500. The normalized spacial score (nSPS) is 6.60. The molecule has 0 unspecified atom stereocenters. The number of rotatable bonds is 0. The molecular formula is C6Fe2O12. The van der Waals surface area contributed by atoms with Crippen molar-refractivity contribution in [2.45, 2.75) is 0 Å². The van der Waals surface area contributed by atoms with Gasteiger partial charge in [0, 0.05) is 0 Å². The zero-order chi connectivity index (χ0) is 15.5. The van der Waals surface area contributed by atoms with E-state index >= 15 is 0 Å². The van der Waals surface area contributed by atoms with Crippen LogP contribution in [-0.2, 0) is 62.9 Å². The molecule has 0 spiro atoms. The van der Waals surface area contributed by atoms with Crippen molar-refractivity contribution in [3.63, 3.8) is 0 Å². The van der Waals surface area contributed by atoms with Crippen molar-refractivity contribution in [1.82, 2.24) is 0 Å². The Balaban J connectivity index is -0.0000000536. The Hall–Kier alpha value is -2.14. The minimum absolute atomic E-state index is 0. The zero-order valence-corrected chi connectivity index (χ0v) is 10.8. The van der Waals surface area contributed by atoms with Crippen LogP contribution in [0.15, 0.2) is 0 Å². The molecule has 12 nitrogen and oxygen atoms in total. The van der Waals surface area contributed by atoms with Crippen molar-refractivity contribution in [3.8, 4) is 0 Å². The van der Waals surface area contributed by atoms with E-state index < -0.39 is 35.8 Å². The smallest absolute Gasteiger partial charge is 0.543 e. The van der Waals surface area contributed by atoms with Gasteiger partial charge in [0.15, 0.2) is 0 Å². The van der Waals surface area contributed by atoms with Crippen molar-refractivity contribution < 1.29 is 93.5 Å². The van der Waals surface area contributed by atoms with Crippen molar-refractivity contribution >= 4 is 35.8 Å². The number of carboxylic acid groups (broad SMARTS) is 6. The molecule has 0 atom stereocenters. The maximum absolute atomic E-state index is 8.93. The van der Waals surface area contributed by atoms with E-state index in [0.29, 0.717) is 0 Å². The van der Waals surface area contributed by atoms with E-state index in [1.165, 1.54) is 0 Å². The minimum Gasteiger partial charge on any atom is -0.543 e. The molecular weight excluding hydrogens is 376 g/mol. The number of hydrogen-bond acceptors (Lipinski definition) is 12. The van der Waals surface area contributed by atoms with Crippen LogP contribution in [0.5, 0.6) is 0 Å². The summed E-state index contributed by atoms with van der Waals surface area (Å²) in [6.07, 6.45) is 0. The molecule has 112 valence electrons. The van der Waals surface area contributed by atoms with Gasteiger partial charge in [-0.2, -0.15) is 0 Å². The van der Waals surface area contributed by atoms with Gasteiger partial charge in [-0.25, -0.2) is 0 Å². The summed E-state index contributed by atoms with van der Waals surface area (Å²) in [6, 6.07) is 0. The molecule has 0 fully saturated rings. The second kappa shape index (κ2) is 16.9. The van der Waals surface area contributed by atoms with Gasteiger partial charge in [0.25, 0.3) is 0 Å². The first-order valence-corrected chi connectivity index (χ1v) is 3.20. The van der Waals surface area contributed by atoms with Gasteiger partial charge in [-0.1, -0.05) is 0 Å². The average Bonchev–Trinajstić information content (AvgIpc) is 2.18. The molecule has 0 N–H and O–H groups in total. The van der Waals surface area contributed by atoms with Gasteiger partial charge in [0.2, 0.25) is 0 Å². The first kappa shape index (κ1) is 30.7. The van der Waals surface area contributed by atoms with Crippen LogP contribution in [0.3, 0.4) is 0 Å². The van der Waals surface area contributed by atoms with E-state index in [1.807, 2.05) is 0 Å². The Bertz CT molecular complexity index is 281. The maximum Gasteiger partial charge on any atom is 3.00 e. The molecule has 0 bridgehead atoms. The zero-order valence-electron chi connectivity index (χ0n) is 8.61. The Morgan fingerprint density at radius 3 is 0.400 bits per heavy atom. The van der Waals surface area contributed by atoms with Crippen LogP contribution >= 0.6 is 0 Å². The molecule has 20 heavy (non-hydrogen) atoms. The predicted octanol–water partition coefficient (Wildman–Crippen LogP) is -10.5. The fourth-order valence-corrected chi connectivity index (χ4v) is 0. The van der Waals surface area contributed by atoms with Gasteiger partial charge < -0.3 is 59.4 Å². The number of carbonyl (C=O) groups is 6. The van der Waals surface area contributed by atoms with E-state index in [1.54, 1.807) is 0 Å². The minimum atomic E-state index is -2.19. The Labute approximate surface area is 130 Å². The second-order valence-corrected chi connectivity index (χ2v) is 1.72. The summed E-state index contributed by atoms with van der Waals surface area (Å²) in [4.78, 5) is 53.6. The molecule has 0 saturated heterocycles. The molecule has 14 heteroatoms. The first-order valence-electron chi connectivity index (χ1n) is 3.20. The van der Waals surface area contributed by atoms with Crippen molar-refractivity contribution in [2.75, 3.05) is 0 Å². The molecule has 2 radical (unpaired) electrons. The Morgan fingerprint density at radius 2 is 0.400 bits per heavy atom. The summed E-state index contributed by atoms with van der Waals surface area (Å²) in [5.74, 6) is -13.1. The molecule has 0 aromatic rings. The van der Waals surface area contributed by atoms with Crippen molar-refractivity contribution in [1.29, 1.82) is 0 Å². The molecule has 0 aliphatic rings. The van der Waals surface area contributed by atoms with Gasteiger partial charge in [0.05, 0.1) is 35.8 Å². The van der Waals surface area contributed by atoms with Crippen LogP contribution in [-0.4, -0.2) is 35.8 Å². The van der Waals surface area contributed by atoms with E-state index in [-0.39, 0.29) is 34.1 Å². The van der Waals surface area contributed by atoms with Gasteiger partial charge in [-0.15, -0.1) is 0 Å².